The largest absolute Gasteiger partial charge is 0.384 e. The van der Waals surface area contributed by atoms with Gasteiger partial charge in [0.05, 0.1) is 18.5 Å². The van der Waals surface area contributed by atoms with E-state index in [1.54, 1.807) is 7.11 Å². The number of rotatable bonds is 7. The Balaban J connectivity index is 1.66. The van der Waals surface area contributed by atoms with Crippen LogP contribution in [0.5, 0.6) is 0 Å². The maximum Gasteiger partial charge on any atom is 0.153 e. The second-order valence-electron chi connectivity index (χ2n) is 6.89. The van der Waals surface area contributed by atoms with E-state index in [1.807, 2.05) is 17.9 Å². The standard InChI is InChI=1S/C20H25N5O/c1-24-14-15(13-21-24)9-10-20-22-19(11-12-26-2)23-25(20)18-8-4-6-16-5-3-7-17(16)18/h4,6,8,13-14H,3,5,7,9-12H2,1-2H3. The van der Waals surface area contributed by atoms with Crippen LogP contribution in [0.2, 0.25) is 0 Å². The predicted octanol–water partition coefficient (Wildman–Crippen LogP) is 2.46. The van der Waals surface area contributed by atoms with Gasteiger partial charge in [-0.1, -0.05) is 12.1 Å². The van der Waals surface area contributed by atoms with Crippen molar-refractivity contribution in [3.63, 3.8) is 0 Å². The summed E-state index contributed by atoms with van der Waals surface area (Å²) in [6, 6.07) is 6.55. The van der Waals surface area contributed by atoms with Crippen LogP contribution < -0.4 is 0 Å². The molecule has 0 saturated heterocycles. The van der Waals surface area contributed by atoms with Gasteiger partial charge in [-0.2, -0.15) is 10.2 Å². The quantitative estimate of drug-likeness (QED) is 0.656. The van der Waals surface area contributed by atoms with Gasteiger partial charge in [-0.25, -0.2) is 9.67 Å². The van der Waals surface area contributed by atoms with Crippen molar-refractivity contribution >= 4 is 0 Å². The third kappa shape index (κ3) is 3.42. The van der Waals surface area contributed by atoms with Crippen molar-refractivity contribution in [2.45, 2.75) is 38.5 Å². The molecule has 0 N–H and O–H groups in total. The van der Waals surface area contributed by atoms with Crippen LogP contribution >= 0.6 is 0 Å². The lowest BCUT2D eigenvalue weighted by molar-refractivity contribution is 0.200. The molecule has 0 amide bonds. The minimum Gasteiger partial charge on any atom is -0.384 e. The van der Waals surface area contributed by atoms with E-state index in [9.17, 15) is 0 Å². The maximum absolute atomic E-state index is 5.21. The Morgan fingerprint density at radius 2 is 2.08 bits per heavy atom. The Morgan fingerprint density at radius 3 is 2.88 bits per heavy atom. The van der Waals surface area contributed by atoms with Crippen LogP contribution in [0.4, 0.5) is 0 Å². The Bertz CT molecular complexity index is 895. The van der Waals surface area contributed by atoms with Crippen molar-refractivity contribution in [2.75, 3.05) is 13.7 Å². The minimum atomic E-state index is 0.638. The Kier molecular flexibility index (Phi) is 4.84. The van der Waals surface area contributed by atoms with Crippen LogP contribution in [-0.2, 0) is 43.9 Å². The highest BCUT2D eigenvalue weighted by Crippen LogP contribution is 2.28. The van der Waals surface area contributed by atoms with Crippen LogP contribution in [0, 0.1) is 0 Å². The van der Waals surface area contributed by atoms with Crippen LogP contribution in [-0.4, -0.2) is 38.3 Å². The smallest absolute Gasteiger partial charge is 0.153 e. The summed E-state index contributed by atoms with van der Waals surface area (Å²) in [6.07, 6.45) is 9.99. The third-order valence-electron chi connectivity index (χ3n) is 4.99. The van der Waals surface area contributed by atoms with Gasteiger partial charge in [0.1, 0.15) is 5.82 Å². The van der Waals surface area contributed by atoms with E-state index in [1.165, 1.54) is 35.2 Å². The lowest BCUT2D eigenvalue weighted by Crippen LogP contribution is -2.07. The molecule has 1 aliphatic carbocycles. The van der Waals surface area contributed by atoms with E-state index in [4.69, 9.17) is 14.8 Å². The second kappa shape index (κ2) is 7.41. The topological polar surface area (TPSA) is 57.8 Å². The summed E-state index contributed by atoms with van der Waals surface area (Å²) in [5.74, 6) is 1.86. The Labute approximate surface area is 153 Å². The van der Waals surface area contributed by atoms with Gasteiger partial charge < -0.3 is 4.74 Å². The van der Waals surface area contributed by atoms with Crippen LogP contribution in [0.15, 0.2) is 30.6 Å². The van der Waals surface area contributed by atoms with Gasteiger partial charge in [-0.15, -0.1) is 0 Å². The van der Waals surface area contributed by atoms with E-state index in [0.29, 0.717) is 6.61 Å². The molecule has 6 heteroatoms. The Morgan fingerprint density at radius 1 is 1.15 bits per heavy atom. The summed E-state index contributed by atoms with van der Waals surface area (Å²) in [5, 5.41) is 9.08. The molecule has 0 fully saturated rings. The van der Waals surface area contributed by atoms with Crippen LogP contribution in [0.25, 0.3) is 5.69 Å². The van der Waals surface area contributed by atoms with Gasteiger partial charge in [0.2, 0.25) is 0 Å². The molecule has 2 heterocycles. The fraction of sp³-hybridized carbons (Fsp3) is 0.450. The van der Waals surface area contributed by atoms with Gasteiger partial charge in [0.15, 0.2) is 5.82 Å². The molecule has 1 aliphatic rings. The number of hydrogen-bond donors (Lipinski definition) is 0. The van der Waals surface area contributed by atoms with E-state index in [-0.39, 0.29) is 0 Å². The molecule has 0 aliphatic heterocycles. The summed E-state index contributed by atoms with van der Waals surface area (Å²) < 4.78 is 9.11. The van der Waals surface area contributed by atoms with Crippen molar-refractivity contribution in [3.05, 3.63) is 58.9 Å². The van der Waals surface area contributed by atoms with Gasteiger partial charge >= 0.3 is 0 Å². The normalized spacial score (nSPS) is 13.3. The molecule has 0 radical (unpaired) electrons. The summed E-state index contributed by atoms with van der Waals surface area (Å²) in [5.41, 5.74) is 5.30. The summed E-state index contributed by atoms with van der Waals surface area (Å²) in [4.78, 5) is 4.82. The van der Waals surface area contributed by atoms with Crippen LogP contribution in [0.1, 0.15) is 34.8 Å². The molecule has 4 rings (SSSR count). The molecule has 136 valence electrons. The molecule has 26 heavy (non-hydrogen) atoms. The fourth-order valence-corrected chi connectivity index (χ4v) is 3.70. The lowest BCUT2D eigenvalue weighted by atomic mass is 10.1. The van der Waals surface area contributed by atoms with Crippen molar-refractivity contribution in [1.82, 2.24) is 24.5 Å². The van der Waals surface area contributed by atoms with Crippen LogP contribution in [0.3, 0.4) is 0 Å². The van der Waals surface area contributed by atoms with E-state index >= 15 is 0 Å². The first kappa shape index (κ1) is 17.0. The first-order valence-electron chi connectivity index (χ1n) is 9.27. The van der Waals surface area contributed by atoms with Gasteiger partial charge in [0.25, 0.3) is 0 Å². The number of benzene rings is 1. The number of aryl methyl sites for hydroxylation is 4. The second-order valence-corrected chi connectivity index (χ2v) is 6.89. The first-order chi connectivity index (χ1) is 12.7. The molecule has 2 aromatic heterocycles. The molecular formula is C20H25N5O. The number of nitrogens with zero attached hydrogens (tertiary/aromatic N) is 5. The SMILES string of the molecule is COCCc1nc(CCc2cnn(C)c2)n(-c2cccc3c2CCC3)n1. The van der Waals surface area contributed by atoms with Gasteiger partial charge in [0, 0.05) is 33.2 Å². The third-order valence-corrected chi connectivity index (χ3v) is 4.99. The van der Waals surface area contributed by atoms with E-state index in [2.05, 4.69) is 34.2 Å². The number of hydrogen-bond acceptors (Lipinski definition) is 4. The summed E-state index contributed by atoms with van der Waals surface area (Å²) >= 11 is 0. The molecule has 1 aromatic carbocycles. The van der Waals surface area contributed by atoms with Crippen molar-refractivity contribution < 1.29 is 4.74 Å². The molecule has 6 nitrogen and oxygen atoms in total. The van der Waals surface area contributed by atoms with E-state index in [0.717, 1.165) is 37.3 Å². The highest BCUT2D eigenvalue weighted by molar-refractivity contribution is 5.48. The van der Waals surface area contributed by atoms with Crippen molar-refractivity contribution in [2.24, 2.45) is 7.05 Å². The lowest BCUT2D eigenvalue weighted by Gasteiger charge is -2.10. The highest BCUT2D eigenvalue weighted by atomic mass is 16.5. The zero-order valence-electron chi connectivity index (χ0n) is 15.5. The molecule has 0 spiro atoms. The maximum atomic E-state index is 5.21. The molecule has 3 aromatic rings. The summed E-state index contributed by atoms with van der Waals surface area (Å²) in [6.45, 7) is 0.638. The average Bonchev–Trinajstić information content (AvgIpc) is 3.37. The first-order valence-corrected chi connectivity index (χ1v) is 9.27. The van der Waals surface area contributed by atoms with Gasteiger partial charge in [-0.05, 0) is 48.4 Å². The number of methoxy groups -OCH3 is 1. The predicted molar refractivity (Wildman–Crippen MR) is 99.6 cm³/mol. The Hall–Kier alpha value is -2.47. The zero-order valence-corrected chi connectivity index (χ0v) is 15.5. The number of aromatic nitrogens is 5. The number of ether oxygens (including phenoxy) is 1. The number of fused-ring (bicyclic) bond motifs is 1. The molecule has 0 bridgehead atoms. The van der Waals surface area contributed by atoms with Crippen molar-refractivity contribution in [3.8, 4) is 5.69 Å². The fourth-order valence-electron chi connectivity index (χ4n) is 3.70. The monoisotopic (exact) mass is 351 g/mol. The van der Waals surface area contributed by atoms with E-state index < -0.39 is 0 Å². The molecular weight excluding hydrogens is 326 g/mol. The molecule has 0 saturated carbocycles. The summed E-state index contributed by atoms with van der Waals surface area (Å²) in [7, 11) is 3.66. The van der Waals surface area contributed by atoms with Gasteiger partial charge in [-0.3, -0.25) is 4.68 Å². The highest BCUT2D eigenvalue weighted by Gasteiger charge is 2.19. The average molecular weight is 351 g/mol. The van der Waals surface area contributed by atoms with Crippen molar-refractivity contribution in [1.29, 1.82) is 0 Å². The minimum absolute atomic E-state index is 0.638. The molecule has 0 unspecified atom stereocenters. The zero-order chi connectivity index (χ0) is 17.9. The molecule has 0 atom stereocenters.